The fourth-order valence-corrected chi connectivity index (χ4v) is 2.69. The molecule has 0 spiro atoms. The second kappa shape index (κ2) is 5.98. The van der Waals surface area contributed by atoms with Crippen LogP contribution in [0.5, 0.6) is 0 Å². The van der Waals surface area contributed by atoms with Gasteiger partial charge in [-0.3, -0.25) is 4.79 Å². The van der Waals surface area contributed by atoms with Crippen LogP contribution in [0.15, 0.2) is 60.2 Å². The van der Waals surface area contributed by atoms with Gasteiger partial charge in [-0.1, -0.05) is 54.6 Å². The summed E-state index contributed by atoms with van der Waals surface area (Å²) in [6, 6.07) is 17.1. The Morgan fingerprint density at radius 3 is 2.41 bits per heavy atom. The third-order valence-electron chi connectivity index (χ3n) is 3.80. The fraction of sp³-hybridized carbons (Fsp3) is 0.158. The summed E-state index contributed by atoms with van der Waals surface area (Å²) in [6.07, 6.45) is 0.501. The van der Waals surface area contributed by atoms with Crippen molar-refractivity contribution in [2.24, 2.45) is 0 Å². The van der Waals surface area contributed by atoms with E-state index in [2.05, 4.69) is 0 Å². The van der Waals surface area contributed by atoms with E-state index in [9.17, 15) is 9.59 Å². The highest BCUT2D eigenvalue weighted by atomic mass is 16.5. The predicted octanol–water partition coefficient (Wildman–Crippen LogP) is 3.33. The molecular formula is C19H16O3. The molecule has 0 bridgehead atoms. The Labute approximate surface area is 129 Å². The van der Waals surface area contributed by atoms with E-state index in [0.29, 0.717) is 17.6 Å². The van der Waals surface area contributed by atoms with E-state index < -0.39 is 5.97 Å². The third-order valence-corrected chi connectivity index (χ3v) is 3.80. The molecule has 3 rings (SSSR count). The minimum Gasteiger partial charge on any atom is -0.457 e. The molecule has 0 aromatic heterocycles. The molecule has 1 aliphatic rings. The lowest BCUT2D eigenvalue weighted by atomic mass is 10.0. The summed E-state index contributed by atoms with van der Waals surface area (Å²) < 4.78 is 5.40. The molecule has 110 valence electrons. The molecule has 0 heterocycles. The van der Waals surface area contributed by atoms with Gasteiger partial charge < -0.3 is 4.74 Å². The van der Waals surface area contributed by atoms with Gasteiger partial charge in [0.25, 0.3) is 0 Å². The lowest BCUT2D eigenvalue weighted by molar-refractivity contribution is -0.138. The van der Waals surface area contributed by atoms with Crippen LogP contribution in [0.25, 0.3) is 5.57 Å². The molecular weight excluding hydrogens is 276 g/mol. The summed E-state index contributed by atoms with van der Waals surface area (Å²) in [5.74, 6) is -0.512. The Kier molecular flexibility index (Phi) is 3.88. The Morgan fingerprint density at radius 2 is 1.68 bits per heavy atom. The van der Waals surface area contributed by atoms with Crippen molar-refractivity contribution in [1.82, 2.24) is 0 Å². The number of hydrogen-bond acceptors (Lipinski definition) is 3. The number of fused-ring (bicyclic) bond motifs is 1. The molecule has 0 unspecified atom stereocenters. The first-order valence-electron chi connectivity index (χ1n) is 7.20. The second-order valence-electron chi connectivity index (χ2n) is 5.31. The van der Waals surface area contributed by atoms with Crippen LogP contribution in [0.3, 0.4) is 0 Å². The normalized spacial score (nSPS) is 13.0. The van der Waals surface area contributed by atoms with Crippen LogP contribution in [0.1, 0.15) is 23.6 Å². The average Bonchev–Trinajstić information content (AvgIpc) is 2.93. The van der Waals surface area contributed by atoms with Gasteiger partial charge in [0.05, 0.1) is 5.57 Å². The number of allylic oxidation sites excluding steroid dienone is 1. The molecule has 2 aromatic rings. The van der Waals surface area contributed by atoms with Gasteiger partial charge in [0.2, 0.25) is 0 Å². The molecule has 0 fully saturated rings. The maximum Gasteiger partial charge on any atom is 0.339 e. The zero-order valence-electron chi connectivity index (χ0n) is 12.3. The van der Waals surface area contributed by atoms with Gasteiger partial charge in [0.1, 0.15) is 6.61 Å². The standard InChI is InChI=1S/C19H16O3/c1-13(20)17-11-15-9-5-6-10-16(15)18(17)19(21)22-12-14-7-3-2-4-8-14/h2-10H,11-12H2,1H3. The summed E-state index contributed by atoms with van der Waals surface area (Å²) in [4.78, 5) is 24.3. The maximum atomic E-state index is 12.5. The van der Waals surface area contributed by atoms with Gasteiger partial charge >= 0.3 is 5.97 Å². The van der Waals surface area contributed by atoms with Gasteiger partial charge in [-0.05, 0) is 23.6 Å². The summed E-state index contributed by atoms with van der Waals surface area (Å²) >= 11 is 0. The Balaban J connectivity index is 1.86. The minimum atomic E-state index is -0.431. The lowest BCUT2D eigenvalue weighted by Gasteiger charge is -2.08. The number of hydrogen-bond donors (Lipinski definition) is 0. The SMILES string of the molecule is CC(=O)C1=C(C(=O)OCc2ccccc2)c2ccccc2C1. The highest BCUT2D eigenvalue weighted by Crippen LogP contribution is 2.34. The van der Waals surface area contributed by atoms with Gasteiger partial charge in [0, 0.05) is 12.0 Å². The molecule has 0 aliphatic heterocycles. The quantitative estimate of drug-likeness (QED) is 0.812. The van der Waals surface area contributed by atoms with Crippen molar-refractivity contribution in [3.63, 3.8) is 0 Å². The summed E-state index contributed by atoms with van der Waals surface area (Å²) in [5, 5.41) is 0. The fourth-order valence-electron chi connectivity index (χ4n) is 2.69. The van der Waals surface area contributed by atoms with Crippen molar-refractivity contribution in [2.45, 2.75) is 20.0 Å². The summed E-state index contributed by atoms with van der Waals surface area (Å²) in [5.41, 5.74) is 3.69. The molecule has 0 amide bonds. The zero-order chi connectivity index (χ0) is 15.5. The smallest absolute Gasteiger partial charge is 0.339 e. The van der Waals surface area contributed by atoms with Gasteiger partial charge in [0.15, 0.2) is 5.78 Å². The van der Waals surface area contributed by atoms with Crippen LogP contribution >= 0.6 is 0 Å². The molecule has 1 aliphatic carbocycles. The molecule has 0 N–H and O–H groups in total. The highest BCUT2D eigenvalue weighted by molar-refractivity contribution is 6.25. The molecule has 0 atom stereocenters. The number of ketones is 1. The van der Waals surface area contributed by atoms with E-state index >= 15 is 0 Å². The molecule has 22 heavy (non-hydrogen) atoms. The van der Waals surface area contributed by atoms with E-state index in [-0.39, 0.29) is 12.4 Å². The number of Topliss-reactive ketones (excluding diaryl/α,β-unsaturated/α-hetero) is 1. The largest absolute Gasteiger partial charge is 0.457 e. The van der Waals surface area contributed by atoms with Crippen LogP contribution in [0.4, 0.5) is 0 Å². The third kappa shape index (κ3) is 2.70. The molecule has 2 aromatic carbocycles. The van der Waals surface area contributed by atoms with E-state index in [1.807, 2.05) is 54.6 Å². The first-order valence-corrected chi connectivity index (χ1v) is 7.20. The van der Waals surface area contributed by atoms with Gasteiger partial charge in [-0.25, -0.2) is 4.79 Å². The van der Waals surface area contributed by atoms with Crippen LogP contribution in [-0.2, 0) is 27.4 Å². The molecule has 0 saturated heterocycles. The molecule has 3 heteroatoms. The number of ether oxygens (including phenoxy) is 1. The van der Waals surface area contributed by atoms with Crippen LogP contribution in [0, 0.1) is 0 Å². The number of rotatable bonds is 4. The van der Waals surface area contributed by atoms with Crippen LogP contribution < -0.4 is 0 Å². The number of carbonyl (C=O) groups is 2. The highest BCUT2D eigenvalue weighted by Gasteiger charge is 2.29. The van der Waals surface area contributed by atoms with Gasteiger partial charge in [-0.2, -0.15) is 0 Å². The average molecular weight is 292 g/mol. The van der Waals surface area contributed by atoms with Crippen molar-refractivity contribution >= 4 is 17.3 Å². The Hall–Kier alpha value is -2.68. The monoisotopic (exact) mass is 292 g/mol. The van der Waals surface area contributed by atoms with Gasteiger partial charge in [-0.15, -0.1) is 0 Å². The van der Waals surface area contributed by atoms with E-state index in [1.54, 1.807) is 0 Å². The number of benzene rings is 2. The Bertz CT molecular complexity index is 757. The van der Waals surface area contributed by atoms with Crippen LogP contribution in [-0.4, -0.2) is 11.8 Å². The molecule has 0 radical (unpaired) electrons. The summed E-state index contributed by atoms with van der Waals surface area (Å²) in [7, 11) is 0. The first kappa shape index (κ1) is 14.3. The van der Waals surface area contributed by atoms with Crippen LogP contribution in [0.2, 0.25) is 0 Å². The van der Waals surface area contributed by atoms with E-state index in [1.165, 1.54) is 6.92 Å². The summed E-state index contributed by atoms with van der Waals surface area (Å²) in [6.45, 7) is 1.70. The molecule has 3 nitrogen and oxygen atoms in total. The lowest BCUT2D eigenvalue weighted by Crippen LogP contribution is -2.10. The predicted molar refractivity (Wildman–Crippen MR) is 84.0 cm³/mol. The van der Waals surface area contributed by atoms with Crippen molar-refractivity contribution in [2.75, 3.05) is 0 Å². The van der Waals surface area contributed by atoms with Crippen molar-refractivity contribution in [1.29, 1.82) is 0 Å². The zero-order valence-corrected chi connectivity index (χ0v) is 12.3. The van der Waals surface area contributed by atoms with E-state index in [0.717, 1.165) is 16.7 Å². The van der Waals surface area contributed by atoms with Crippen molar-refractivity contribution in [3.8, 4) is 0 Å². The number of esters is 1. The van der Waals surface area contributed by atoms with E-state index in [4.69, 9.17) is 4.74 Å². The minimum absolute atomic E-state index is 0.0807. The molecule has 0 saturated carbocycles. The maximum absolute atomic E-state index is 12.5. The second-order valence-corrected chi connectivity index (χ2v) is 5.31. The first-order chi connectivity index (χ1) is 10.7. The van der Waals surface area contributed by atoms with Crippen molar-refractivity contribution in [3.05, 3.63) is 76.9 Å². The Morgan fingerprint density at radius 1 is 1.00 bits per heavy atom. The van der Waals surface area contributed by atoms with Crippen molar-refractivity contribution < 1.29 is 14.3 Å². The number of carbonyl (C=O) groups excluding carboxylic acids is 2. The topological polar surface area (TPSA) is 43.4 Å².